The number of nitrogens with one attached hydrogen (secondary N) is 1. The normalized spacial score (nSPS) is 16.1. The molecule has 0 atom stereocenters. The van der Waals surface area contributed by atoms with E-state index in [9.17, 15) is 0 Å². The van der Waals surface area contributed by atoms with E-state index in [0.29, 0.717) is 0 Å². The van der Waals surface area contributed by atoms with Gasteiger partial charge in [0.05, 0.1) is 12.9 Å². The molecule has 1 aromatic rings. The fourth-order valence-corrected chi connectivity index (χ4v) is 2.30. The topological polar surface area (TPSA) is 36.3 Å². The maximum atomic E-state index is 7.90. The van der Waals surface area contributed by atoms with Crippen molar-refractivity contribution >= 4 is 5.84 Å². The molecule has 92 valence electrons. The van der Waals surface area contributed by atoms with Crippen LogP contribution in [0.2, 0.25) is 0 Å². The van der Waals surface area contributed by atoms with Gasteiger partial charge >= 0.3 is 0 Å². The van der Waals surface area contributed by atoms with Crippen LogP contribution in [0, 0.1) is 5.41 Å². The van der Waals surface area contributed by atoms with Gasteiger partial charge in [0.25, 0.3) is 0 Å². The van der Waals surface area contributed by atoms with Crippen molar-refractivity contribution in [3.05, 3.63) is 29.8 Å². The smallest absolute Gasteiger partial charge is 0.122 e. The zero-order valence-corrected chi connectivity index (χ0v) is 10.4. The van der Waals surface area contributed by atoms with Crippen molar-refractivity contribution in [2.24, 2.45) is 0 Å². The molecule has 1 aliphatic rings. The molecular weight excluding hydrogens is 212 g/mol. The fraction of sp³-hybridized carbons (Fsp3) is 0.500. The molecule has 0 bridgehead atoms. The molecular formula is C14H20N2O. The van der Waals surface area contributed by atoms with Crippen LogP contribution < -0.4 is 4.74 Å². The van der Waals surface area contributed by atoms with Crippen LogP contribution >= 0.6 is 0 Å². The highest BCUT2D eigenvalue weighted by molar-refractivity contribution is 5.79. The SMILES string of the molecule is COc1ccccc1CCN1CCCCC1=N. The molecule has 2 rings (SSSR count). The summed E-state index contributed by atoms with van der Waals surface area (Å²) < 4.78 is 5.34. The Bertz CT molecular complexity index is 390. The van der Waals surface area contributed by atoms with Gasteiger partial charge in [0.1, 0.15) is 5.75 Å². The summed E-state index contributed by atoms with van der Waals surface area (Å²) in [5.74, 6) is 1.75. The van der Waals surface area contributed by atoms with Gasteiger partial charge in [-0.25, -0.2) is 0 Å². The third kappa shape index (κ3) is 2.99. The van der Waals surface area contributed by atoms with Crippen molar-refractivity contribution in [1.29, 1.82) is 5.41 Å². The van der Waals surface area contributed by atoms with Crippen LogP contribution in [0.25, 0.3) is 0 Å². The Balaban J connectivity index is 1.94. The quantitative estimate of drug-likeness (QED) is 0.866. The second-order valence-corrected chi connectivity index (χ2v) is 4.45. The molecule has 0 saturated carbocycles. The van der Waals surface area contributed by atoms with Gasteiger partial charge in [-0.05, 0) is 30.9 Å². The number of piperidine rings is 1. The lowest BCUT2D eigenvalue weighted by atomic mass is 10.1. The summed E-state index contributed by atoms with van der Waals surface area (Å²) in [5.41, 5.74) is 1.23. The van der Waals surface area contributed by atoms with Crippen molar-refractivity contribution in [3.8, 4) is 5.75 Å². The Kier molecular flexibility index (Phi) is 4.02. The first-order chi connectivity index (χ1) is 8.31. The summed E-state index contributed by atoms with van der Waals surface area (Å²) in [6, 6.07) is 8.13. The van der Waals surface area contributed by atoms with Gasteiger partial charge in [-0.15, -0.1) is 0 Å². The van der Waals surface area contributed by atoms with Crippen molar-refractivity contribution in [3.63, 3.8) is 0 Å². The summed E-state index contributed by atoms with van der Waals surface area (Å²) in [5, 5.41) is 7.90. The standard InChI is InChI=1S/C14H20N2O/c1-17-13-7-3-2-6-12(13)9-11-16-10-5-4-8-14(16)15/h2-3,6-7,15H,4-5,8-11H2,1H3. The second-order valence-electron chi connectivity index (χ2n) is 4.45. The summed E-state index contributed by atoms with van der Waals surface area (Å²) in [6.45, 7) is 1.97. The predicted octanol–water partition coefficient (Wildman–Crippen LogP) is 2.70. The average molecular weight is 232 g/mol. The van der Waals surface area contributed by atoms with Gasteiger partial charge in [0.15, 0.2) is 0 Å². The highest BCUT2D eigenvalue weighted by Crippen LogP contribution is 2.19. The van der Waals surface area contributed by atoms with E-state index in [-0.39, 0.29) is 0 Å². The molecule has 1 fully saturated rings. The molecule has 1 saturated heterocycles. The van der Waals surface area contributed by atoms with E-state index in [0.717, 1.165) is 37.5 Å². The number of ether oxygens (including phenoxy) is 1. The Morgan fingerprint density at radius 3 is 2.88 bits per heavy atom. The van der Waals surface area contributed by atoms with E-state index in [4.69, 9.17) is 10.1 Å². The van der Waals surface area contributed by atoms with Gasteiger partial charge in [-0.2, -0.15) is 0 Å². The number of methoxy groups -OCH3 is 1. The number of rotatable bonds is 4. The van der Waals surface area contributed by atoms with E-state index >= 15 is 0 Å². The van der Waals surface area contributed by atoms with Crippen LogP contribution in [0.5, 0.6) is 5.75 Å². The molecule has 1 aliphatic heterocycles. The van der Waals surface area contributed by atoms with Gasteiger partial charge < -0.3 is 9.64 Å². The minimum absolute atomic E-state index is 0.797. The lowest BCUT2D eigenvalue weighted by Gasteiger charge is -2.29. The molecule has 1 aromatic carbocycles. The molecule has 1 N–H and O–H groups in total. The maximum Gasteiger partial charge on any atom is 0.122 e. The lowest BCUT2D eigenvalue weighted by Crippen LogP contribution is -2.36. The van der Waals surface area contributed by atoms with E-state index in [2.05, 4.69) is 11.0 Å². The Hall–Kier alpha value is -1.51. The molecule has 3 nitrogen and oxygen atoms in total. The van der Waals surface area contributed by atoms with Crippen LogP contribution in [0.15, 0.2) is 24.3 Å². The van der Waals surface area contributed by atoms with E-state index in [1.807, 2.05) is 18.2 Å². The number of hydrogen-bond donors (Lipinski definition) is 1. The van der Waals surface area contributed by atoms with Crippen LogP contribution in [0.3, 0.4) is 0 Å². The Morgan fingerprint density at radius 1 is 1.29 bits per heavy atom. The maximum absolute atomic E-state index is 7.90. The molecule has 0 amide bonds. The first kappa shape index (κ1) is 12.0. The van der Waals surface area contributed by atoms with Crippen LogP contribution in [0.1, 0.15) is 24.8 Å². The summed E-state index contributed by atoms with van der Waals surface area (Å²) in [6.07, 6.45) is 4.27. The minimum Gasteiger partial charge on any atom is -0.496 e. The zero-order valence-electron chi connectivity index (χ0n) is 10.4. The molecule has 0 spiro atoms. The Labute approximate surface area is 103 Å². The number of likely N-dealkylation sites (tertiary alicyclic amines) is 1. The third-order valence-electron chi connectivity index (χ3n) is 3.32. The van der Waals surface area contributed by atoms with Crippen molar-refractivity contribution < 1.29 is 4.74 Å². The largest absolute Gasteiger partial charge is 0.496 e. The first-order valence-corrected chi connectivity index (χ1v) is 6.25. The predicted molar refractivity (Wildman–Crippen MR) is 69.8 cm³/mol. The van der Waals surface area contributed by atoms with Crippen LogP contribution in [0.4, 0.5) is 0 Å². The molecule has 0 aliphatic carbocycles. The lowest BCUT2D eigenvalue weighted by molar-refractivity contribution is 0.365. The highest BCUT2D eigenvalue weighted by atomic mass is 16.5. The van der Waals surface area contributed by atoms with E-state index in [1.54, 1.807) is 7.11 Å². The molecule has 1 heterocycles. The minimum atomic E-state index is 0.797. The Morgan fingerprint density at radius 2 is 2.12 bits per heavy atom. The van der Waals surface area contributed by atoms with Gasteiger partial charge in [0, 0.05) is 19.5 Å². The van der Waals surface area contributed by atoms with Gasteiger partial charge in [0.2, 0.25) is 0 Å². The van der Waals surface area contributed by atoms with Gasteiger partial charge in [-0.1, -0.05) is 18.2 Å². The first-order valence-electron chi connectivity index (χ1n) is 6.25. The highest BCUT2D eigenvalue weighted by Gasteiger charge is 2.14. The molecule has 0 aromatic heterocycles. The van der Waals surface area contributed by atoms with Crippen molar-refractivity contribution in [2.75, 3.05) is 20.2 Å². The summed E-state index contributed by atoms with van der Waals surface area (Å²) in [4.78, 5) is 2.19. The monoisotopic (exact) mass is 232 g/mol. The number of amidine groups is 1. The van der Waals surface area contributed by atoms with Crippen LogP contribution in [-0.2, 0) is 6.42 Å². The van der Waals surface area contributed by atoms with E-state index < -0.39 is 0 Å². The van der Waals surface area contributed by atoms with E-state index in [1.165, 1.54) is 18.4 Å². The number of benzene rings is 1. The van der Waals surface area contributed by atoms with Gasteiger partial charge in [-0.3, -0.25) is 5.41 Å². The molecule has 0 radical (unpaired) electrons. The zero-order chi connectivity index (χ0) is 12.1. The fourth-order valence-electron chi connectivity index (χ4n) is 2.30. The molecule has 0 unspecified atom stereocenters. The molecule has 3 heteroatoms. The van der Waals surface area contributed by atoms with Crippen molar-refractivity contribution in [1.82, 2.24) is 4.90 Å². The molecule has 17 heavy (non-hydrogen) atoms. The van der Waals surface area contributed by atoms with Crippen LogP contribution in [-0.4, -0.2) is 30.9 Å². The summed E-state index contributed by atoms with van der Waals surface area (Å²) >= 11 is 0. The van der Waals surface area contributed by atoms with Crippen molar-refractivity contribution in [2.45, 2.75) is 25.7 Å². The summed E-state index contributed by atoms with van der Waals surface area (Å²) in [7, 11) is 1.71. The number of hydrogen-bond acceptors (Lipinski definition) is 2. The number of para-hydroxylation sites is 1. The second kappa shape index (κ2) is 5.71. The average Bonchev–Trinajstić information content (AvgIpc) is 2.38. The third-order valence-corrected chi connectivity index (χ3v) is 3.32. The number of nitrogens with zero attached hydrogens (tertiary/aromatic N) is 1.